The third kappa shape index (κ3) is 4.08. The second-order valence-electron chi connectivity index (χ2n) is 3.21. The molecule has 0 unspecified atom stereocenters. The molecule has 1 N–H and O–H groups in total. The Morgan fingerprint density at radius 1 is 1.53 bits per heavy atom. The number of hydrogen-bond acceptors (Lipinski definition) is 3. The number of carbonyl (C=O) groups excluding carboxylic acids is 1. The minimum absolute atomic E-state index is 0.0130. The lowest BCUT2D eigenvalue weighted by Crippen LogP contribution is -2.30. The number of nitrogens with zero attached hydrogens (tertiary/aromatic N) is 1. The molecule has 0 saturated carbocycles. The van der Waals surface area contributed by atoms with E-state index >= 15 is 0 Å². The third-order valence-electron chi connectivity index (χ3n) is 2.02. The molecule has 0 aliphatic rings. The van der Waals surface area contributed by atoms with E-state index in [0.717, 1.165) is 5.56 Å². The number of amides is 1. The Labute approximate surface area is 89.7 Å². The molecule has 0 aliphatic heterocycles. The van der Waals surface area contributed by atoms with Gasteiger partial charge in [0, 0.05) is 19.0 Å². The standard InChI is InChI=1S/C11H16N2O2/c1-3-15-8-11(14)13-9(2)10-4-6-12-7-5-10/h4-7,9H,3,8H2,1-2H3,(H,13,14)/t9-/m0/s1. The number of ether oxygens (including phenoxy) is 1. The molecule has 1 atom stereocenters. The molecule has 0 aliphatic carbocycles. The number of aromatic nitrogens is 1. The van der Waals surface area contributed by atoms with E-state index in [1.165, 1.54) is 0 Å². The molecule has 1 rings (SSSR count). The first-order valence-electron chi connectivity index (χ1n) is 5.01. The van der Waals surface area contributed by atoms with Crippen molar-refractivity contribution in [2.45, 2.75) is 19.9 Å². The Hall–Kier alpha value is -1.42. The van der Waals surface area contributed by atoms with Gasteiger partial charge in [0.25, 0.3) is 0 Å². The lowest BCUT2D eigenvalue weighted by atomic mass is 10.1. The zero-order valence-electron chi connectivity index (χ0n) is 9.06. The highest BCUT2D eigenvalue weighted by molar-refractivity contribution is 5.77. The molecule has 82 valence electrons. The molecule has 0 bridgehead atoms. The fraction of sp³-hybridized carbons (Fsp3) is 0.455. The van der Waals surface area contributed by atoms with Crippen LogP contribution in [0.5, 0.6) is 0 Å². The molecule has 1 amide bonds. The molecule has 1 heterocycles. The van der Waals surface area contributed by atoms with Crippen LogP contribution in [0.4, 0.5) is 0 Å². The minimum atomic E-state index is -0.0961. The van der Waals surface area contributed by atoms with E-state index in [4.69, 9.17) is 4.74 Å². The summed E-state index contributed by atoms with van der Waals surface area (Å²) in [6, 6.07) is 3.75. The summed E-state index contributed by atoms with van der Waals surface area (Å²) in [4.78, 5) is 15.3. The molecule has 4 heteroatoms. The van der Waals surface area contributed by atoms with Crippen molar-refractivity contribution in [3.8, 4) is 0 Å². The van der Waals surface area contributed by atoms with Gasteiger partial charge in [-0.1, -0.05) is 0 Å². The Kier molecular flexibility index (Phi) is 4.77. The highest BCUT2D eigenvalue weighted by atomic mass is 16.5. The maximum absolute atomic E-state index is 11.3. The van der Waals surface area contributed by atoms with Crippen LogP contribution in [0.3, 0.4) is 0 Å². The van der Waals surface area contributed by atoms with E-state index in [0.29, 0.717) is 6.61 Å². The van der Waals surface area contributed by atoms with Gasteiger partial charge in [0.05, 0.1) is 6.04 Å². The molecular weight excluding hydrogens is 192 g/mol. The Balaban J connectivity index is 2.42. The topological polar surface area (TPSA) is 51.2 Å². The lowest BCUT2D eigenvalue weighted by molar-refractivity contribution is -0.126. The van der Waals surface area contributed by atoms with Crippen LogP contribution in [-0.2, 0) is 9.53 Å². The van der Waals surface area contributed by atoms with Crippen LogP contribution in [0.25, 0.3) is 0 Å². The van der Waals surface area contributed by atoms with Crippen LogP contribution in [0, 0.1) is 0 Å². The van der Waals surface area contributed by atoms with Gasteiger partial charge in [0.15, 0.2) is 0 Å². The van der Waals surface area contributed by atoms with Crippen LogP contribution >= 0.6 is 0 Å². The van der Waals surface area contributed by atoms with Crippen molar-refractivity contribution in [1.29, 1.82) is 0 Å². The van der Waals surface area contributed by atoms with Crippen molar-refractivity contribution in [2.75, 3.05) is 13.2 Å². The SMILES string of the molecule is CCOCC(=O)N[C@@H](C)c1ccncc1. The highest BCUT2D eigenvalue weighted by Crippen LogP contribution is 2.09. The molecular formula is C11H16N2O2. The summed E-state index contributed by atoms with van der Waals surface area (Å²) in [6.07, 6.45) is 3.42. The van der Waals surface area contributed by atoms with Crippen molar-refractivity contribution >= 4 is 5.91 Å². The lowest BCUT2D eigenvalue weighted by Gasteiger charge is -2.13. The van der Waals surface area contributed by atoms with E-state index in [1.54, 1.807) is 12.4 Å². The third-order valence-corrected chi connectivity index (χ3v) is 2.02. The summed E-state index contributed by atoms with van der Waals surface area (Å²) in [5, 5.41) is 2.84. The van der Waals surface area contributed by atoms with Crippen molar-refractivity contribution in [3.05, 3.63) is 30.1 Å². The summed E-state index contributed by atoms with van der Waals surface area (Å²) >= 11 is 0. The van der Waals surface area contributed by atoms with Crippen LogP contribution < -0.4 is 5.32 Å². The van der Waals surface area contributed by atoms with Gasteiger partial charge in [-0.25, -0.2) is 0 Å². The molecule has 0 fully saturated rings. The number of pyridine rings is 1. The van der Waals surface area contributed by atoms with E-state index < -0.39 is 0 Å². The van der Waals surface area contributed by atoms with E-state index in [9.17, 15) is 4.79 Å². The van der Waals surface area contributed by atoms with Crippen molar-refractivity contribution in [2.24, 2.45) is 0 Å². The molecule has 0 spiro atoms. The largest absolute Gasteiger partial charge is 0.372 e. The normalized spacial score (nSPS) is 12.1. The smallest absolute Gasteiger partial charge is 0.246 e. The van der Waals surface area contributed by atoms with Gasteiger partial charge in [-0.15, -0.1) is 0 Å². The van der Waals surface area contributed by atoms with Crippen LogP contribution in [0.2, 0.25) is 0 Å². The predicted molar refractivity (Wildman–Crippen MR) is 57.3 cm³/mol. The zero-order valence-corrected chi connectivity index (χ0v) is 9.06. The number of nitrogens with one attached hydrogen (secondary N) is 1. The minimum Gasteiger partial charge on any atom is -0.372 e. The maximum atomic E-state index is 11.3. The first kappa shape index (κ1) is 11.7. The summed E-state index contributed by atoms with van der Waals surface area (Å²) in [5.74, 6) is -0.0961. The summed E-state index contributed by atoms with van der Waals surface area (Å²) in [7, 11) is 0. The quantitative estimate of drug-likeness (QED) is 0.793. The summed E-state index contributed by atoms with van der Waals surface area (Å²) in [5.41, 5.74) is 1.04. The first-order chi connectivity index (χ1) is 7.24. The molecule has 1 aromatic rings. The summed E-state index contributed by atoms with van der Waals surface area (Å²) in [6.45, 7) is 4.46. The first-order valence-corrected chi connectivity index (χ1v) is 5.01. The second kappa shape index (κ2) is 6.14. The van der Waals surface area contributed by atoms with Crippen LogP contribution in [0.1, 0.15) is 25.5 Å². The average Bonchev–Trinajstić information content (AvgIpc) is 2.27. The molecule has 0 saturated heterocycles. The molecule has 4 nitrogen and oxygen atoms in total. The average molecular weight is 208 g/mol. The van der Waals surface area contributed by atoms with Gasteiger partial charge >= 0.3 is 0 Å². The van der Waals surface area contributed by atoms with Crippen LogP contribution in [0.15, 0.2) is 24.5 Å². The van der Waals surface area contributed by atoms with Gasteiger partial charge in [-0.3, -0.25) is 9.78 Å². The van der Waals surface area contributed by atoms with Gasteiger partial charge in [0.2, 0.25) is 5.91 Å². The van der Waals surface area contributed by atoms with Gasteiger partial charge in [0.1, 0.15) is 6.61 Å². The van der Waals surface area contributed by atoms with Gasteiger partial charge in [-0.2, -0.15) is 0 Å². The molecule has 1 aromatic heterocycles. The molecule has 15 heavy (non-hydrogen) atoms. The second-order valence-corrected chi connectivity index (χ2v) is 3.21. The molecule has 0 aromatic carbocycles. The van der Waals surface area contributed by atoms with E-state index in [2.05, 4.69) is 10.3 Å². The van der Waals surface area contributed by atoms with E-state index in [1.807, 2.05) is 26.0 Å². The monoisotopic (exact) mass is 208 g/mol. The van der Waals surface area contributed by atoms with Crippen molar-refractivity contribution < 1.29 is 9.53 Å². The number of rotatable bonds is 5. The highest BCUT2D eigenvalue weighted by Gasteiger charge is 2.08. The Bertz CT molecular complexity index is 301. The fourth-order valence-electron chi connectivity index (χ4n) is 1.21. The maximum Gasteiger partial charge on any atom is 0.246 e. The number of carbonyl (C=O) groups is 1. The van der Waals surface area contributed by atoms with E-state index in [-0.39, 0.29) is 18.6 Å². The van der Waals surface area contributed by atoms with Crippen LogP contribution in [-0.4, -0.2) is 24.1 Å². The van der Waals surface area contributed by atoms with Crippen molar-refractivity contribution in [3.63, 3.8) is 0 Å². The molecule has 0 radical (unpaired) electrons. The number of hydrogen-bond donors (Lipinski definition) is 1. The predicted octanol–water partition coefficient (Wildman–Crippen LogP) is 1.30. The fourth-order valence-corrected chi connectivity index (χ4v) is 1.21. The zero-order chi connectivity index (χ0) is 11.1. The summed E-state index contributed by atoms with van der Waals surface area (Å²) < 4.78 is 5.01. The Morgan fingerprint density at radius 2 is 2.20 bits per heavy atom. The van der Waals surface area contributed by atoms with Crippen molar-refractivity contribution in [1.82, 2.24) is 10.3 Å². The van der Waals surface area contributed by atoms with Gasteiger partial charge in [-0.05, 0) is 31.5 Å². The Morgan fingerprint density at radius 3 is 2.80 bits per heavy atom. The van der Waals surface area contributed by atoms with Gasteiger partial charge < -0.3 is 10.1 Å².